The van der Waals surface area contributed by atoms with E-state index in [1.165, 1.54) is 6.07 Å². The van der Waals surface area contributed by atoms with Gasteiger partial charge < -0.3 is 19.7 Å². The Morgan fingerprint density at radius 1 is 0.976 bits per heavy atom. The first kappa shape index (κ1) is 28.2. The van der Waals surface area contributed by atoms with Gasteiger partial charge in [-0.05, 0) is 68.8 Å². The molecule has 1 fully saturated rings. The SMILES string of the molecule is C[C@@H]1CN(c2cccc(-c3ccc4cnc(CNC(=O)c5ccc6c(c5)S(=O)(=O)C[C@H](C)OC6)cc4n3)n2)C[C@H](C)O1. The highest BCUT2D eigenvalue weighted by atomic mass is 32.2. The number of hydrogen-bond donors (Lipinski definition) is 1. The Hall–Kier alpha value is -3.93. The van der Waals surface area contributed by atoms with Crippen molar-refractivity contribution in [3.8, 4) is 11.4 Å². The number of carbonyl (C=O) groups is 1. The van der Waals surface area contributed by atoms with Crippen LogP contribution in [-0.4, -0.2) is 66.4 Å². The van der Waals surface area contributed by atoms with Crippen LogP contribution in [0.2, 0.25) is 0 Å². The number of amides is 1. The summed E-state index contributed by atoms with van der Waals surface area (Å²) < 4.78 is 37.0. The van der Waals surface area contributed by atoms with Gasteiger partial charge in [0, 0.05) is 30.2 Å². The number of nitrogens with zero attached hydrogens (tertiary/aromatic N) is 4. The summed E-state index contributed by atoms with van der Waals surface area (Å²) in [7, 11) is -3.56. The topological polar surface area (TPSA) is 124 Å². The van der Waals surface area contributed by atoms with Crippen LogP contribution in [0.5, 0.6) is 0 Å². The normalized spacial score (nSPS) is 21.9. The van der Waals surface area contributed by atoms with Crippen LogP contribution < -0.4 is 10.2 Å². The molecule has 5 heterocycles. The van der Waals surface area contributed by atoms with Gasteiger partial charge >= 0.3 is 0 Å². The first-order chi connectivity index (χ1) is 20.1. The van der Waals surface area contributed by atoms with Gasteiger partial charge in [0.2, 0.25) is 0 Å². The molecule has 0 spiro atoms. The molecule has 0 bridgehead atoms. The predicted octanol–water partition coefficient (Wildman–Crippen LogP) is 3.93. The van der Waals surface area contributed by atoms with E-state index in [4.69, 9.17) is 19.4 Å². The number of fused-ring (bicyclic) bond motifs is 2. The lowest BCUT2D eigenvalue weighted by Gasteiger charge is -2.36. The smallest absolute Gasteiger partial charge is 0.251 e. The molecule has 0 unspecified atom stereocenters. The summed E-state index contributed by atoms with van der Waals surface area (Å²) in [5, 5.41) is 3.72. The van der Waals surface area contributed by atoms with Gasteiger partial charge in [-0.3, -0.25) is 9.78 Å². The summed E-state index contributed by atoms with van der Waals surface area (Å²) in [6.45, 7) is 7.78. The Kier molecular flexibility index (Phi) is 7.65. The van der Waals surface area contributed by atoms with Crippen LogP contribution in [0.4, 0.5) is 5.82 Å². The zero-order chi connectivity index (χ0) is 29.4. The molecule has 6 rings (SSSR count). The van der Waals surface area contributed by atoms with Crippen molar-refractivity contribution in [1.29, 1.82) is 0 Å². The van der Waals surface area contributed by atoms with Crippen molar-refractivity contribution in [3.63, 3.8) is 0 Å². The fourth-order valence-corrected chi connectivity index (χ4v) is 7.19. The highest BCUT2D eigenvalue weighted by molar-refractivity contribution is 7.91. The average Bonchev–Trinajstić information content (AvgIpc) is 3.09. The molecule has 1 saturated heterocycles. The molecule has 3 aromatic heterocycles. The minimum atomic E-state index is -3.56. The van der Waals surface area contributed by atoms with Crippen LogP contribution in [0.1, 0.15) is 42.4 Å². The van der Waals surface area contributed by atoms with Gasteiger partial charge in [-0.1, -0.05) is 12.1 Å². The van der Waals surface area contributed by atoms with Crippen molar-refractivity contribution < 1.29 is 22.7 Å². The van der Waals surface area contributed by atoms with Crippen molar-refractivity contribution in [2.45, 2.75) is 57.1 Å². The maximum Gasteiger partial charge on any atom is 0.251 e. The number of carbonyl (C=O) groups excluding carboxylic acids is 1. The first-order valence-corrected chi connectivity index (χ1v) is 15.7. The molecule has 1 N–H and O–H groups in total. The van der Waals surface area contributed by atoms with Crippen molar-refractivity contribution in [1.82, 2.24) is 20.3 Å². The van der Waals surface area contributed by atoms with Crippen LogP contribution >= 0.6 is 0 Å². The summed E-state index contributed by atoms with van der Waals surface area (Å²) in [6, 6.07) is 16.4. The van der Waals surface area contributed by atoms with Gasteiger partial charge in [0.25, 0.3) is 5.91 Å². The fourth-order valence-electron chi connectivity index (χ4n) is 5.46. The highest BCUT2D eigenvalue weighted by Crippen LogP contribution is 2.26. The molecule has 1 aromatic carbocycles. The number of benzene rings is 1. The lowest BCUT2D eigenvalue weighted by molar-refractivity contribution is -0.00545. The third-order valence-corrected chi connectivity index (χ3v) is 9.40. The number of pyridine rings is 3. The second-order valence-electron chi connectivity index (χ2n) is 11.0. The minimum absolute atomic E-state index is 0.119. The summed E-state index contributed by atoms with van der Waals surface area (Å²) in [4.78, 5) is 29.6. The van der Waals surface area contributed by atoms with Crippen LogP contribution in [0.3, 0.4) is 0 Å². The van der Waals surface area contributed by atoms with E-state index >= 15 is 0 Å². The minimum Gasteiger partial charge on any atom is -0.373 e. The monoisotopic (exact) mass is 587 g/mol. The van der Waals surface area contributed by atoms with E-state index in [0.29, 0.717) is 11.3 Å². The third-order valence-electron chi connectivity index (χ3n) is 7.44. The molecular weight excluding hydrogens is 554 g/mol. The maximum atomic E-state index is 13.0. The molecule has 0 aliphatic carbocycles. The first-order valence-electron chi connectivity index (χ1n) is 14.0. The summed E-state index contributed by atoms with van der Waals surface area (Å²) >= 11 is 0. The number of ether oxygens (including phenoxy) is 2. The zero-order valence-corrected chi connectivity index (χ0v) is 24.6. The molecule has 0 saturated carbocycles. The Morgan fingerprint density at radius 2 is 1.76 bits per heavy atom. The molecule has 2 aliphatic heterocycles. The molecule has 10 nitrogen and oxygen atoms in total. The summed E-state index contributed by atoms with van der Waals surface area (Å²) in [5.74, 6) is 0.386. The van der Waals surface area contributed by atoms with Gasteiger partial charge in [0.05, 0.1) is 64.7 Å². The number of nitrogens with one attached hydrogen (secondary N) is 1. The van der Waals surface area contributed by atoms with Crippen molar-refractivity contribution in [2.75, 3.05) is 23.7 Å². The molecule has 4 aromatic rings. The number of sulfone groups is 1. The zero-order valence-electron chi connectivity index (χ0n) is 23.8. The van der Waals surface area contributed by atoms with Crippen molar-refractivity contribution in [2.24, 2.45) is 0 Å². The molecule has 218 valence electrons. The molecule has 42 heavy (non-hydrogen) atoms. The molecule has 11 heteroatoms. The van der Waals surface area contributed by atoms with E-state index in [0.717, 1.165) is 41.2 Å². The number of morpholine rings is 1. The second-order valence-corrected chi connectivity index (χ2v) is 13.0. The Morgan fingerprint density at radius 3 is 2.57 bits per heavy atom. The number of aromatic nitrogens is 3. The molecule has 2 aliphatic rings. The van der Waals surface area contributed by atoms with Gasteiger partial charge in [-0.2, -0.15) is 0 Å². The predicted molar refractivity (Wildman–Crippen MR) is 159 cm³/mol. The Balaban J connectivity index is 1.19. The quantitative estimate of drug-likeness (QED) is 0.370. The summed E-state index contributed by atoms with van der Waals surface area (Å²) in [6.07, 6.45) is 1.58. The lowest BCUT2D eigenvalue weighted by Crippen LogP contribution is -2.45. The van der Waals surface area contributed by atoms with E-state index in [2.05, 4.69) is 29.0 Å². The Bertz CT molecular complexity index is 1750. The van der Waals surface area contributed by atoms with Crippen LogP contribution in [0.25, 0.3) is 22.3 Å². The molecule has 0 radical (unpaired) electrons. The van der Waals surface area contributed by atoms with Gasteiger partial charge in [0.1, 0.15) is 5.82 Å². The van der Waals surface area contributed by atoms with Gasteiger partial charge in [-0.25, -0.2) is 18.4 Å². The molecule has 3 atom stereocenters. The maximum absolute atomic E-state index is 13.0. The number of rotatable bonds is 5. The number of anilines is 1. The van der Waals surface area contributed by atoms with E-state index in [-0.39, 0.29) is 47.5 Å². The second kappa shape index (κ2) is 11.4. The molecule has 1 amide bonds. The average molecular weight is 588 g/mol. The molecular formula is C31H33N5O5S. The highest BCUT2D eigenvalue weighted by Gasteiger charge is 2.27. The van der Waals surface area contributed by atoms with Crippen molar-refractivity contribution in [3.05, 3.63) is 77.6 Å². The van der Waals surface area contributed by atoms with Crippen LogP contribution in [0, 0.1) is 0 Å². The van der Waals surface area contributed by atoms with Gasteiger partial charge in [0.15, 0.2) is 9.84 Å². The standard InChI is InChI=1S/C31H33N5O5S/c1-19-15-36(16-20(2)41-19)30-6-4-5-26(35-30)27-10-9-23-13-32-25(12-28(23)34-27)14-33-31(37)22-7-8-24-17-40-21(3)18-42(38,39)29(24)11-22/h4-13,19-21H,14-18H2,1-3H3,(H,33,37)/t19-,20+,21-/m0/s1. The van der Waals surface area contributed by atoms with E-state index < -0.39 is 15.9 Å². The third kappa shape index (κ3) is 5.99. The summed E-state index contributed by atoms with van der Waals surface area (Å²) in [5.41, 5.74) is 3.70. The van der Waals surface area contributed by atoms with E-state index in [1.807, 2.05) is 36.4 Å². The Labute approximate surface area is 245 Å². The van der Waals surface area contributed by atoms with Gasteiger partial charge in [-0.15, -0.1) is 0 Å². The number of hydrogen-bond acceptors (Lipinski definition) is 9. The van der Waals surface area contributed by atoms with E-state index in [9.17, 15) is 13.2 Å². The lowest BCUT2D eigenvalue weighted by atomic mass is 10.1. The van der Waals surface area contributed by atoms with E-state index in [1.54, 1.807) is 25.3 Å². The largest absolute Gasteiger partial charge is 0.373 e. The van der Waals surface area contributed by atoms with Crippen LogP contribution in [-0.2, 0) is 32.5 Å². The van der Waals surface area contributed by atoms with Crippen LogP contribution in [0.15, 0.2) is 65.7 Å². The van der Waals surface area contributed by atoms with Crippen molar-refractivity contribution >= 4 is 32.5 Å². The fraction of sp³-hybridized carbons (Fsp3) is 0.355.